The van der Waals surface area contributed by atoms with E-state index in [1.165, 1.54) is 12.1 Å². The Hall–Kier alpha value is -2.07. The van der Waals surface area contributed by atoms with Gasteiger partial charge in [0.2, 0.25) is 0 Å². The number of hydrogen-bond acceptors (Lipinski definition) is 2. The third-order valence-electron chi connectivity index (χ3n) is 2.26. The second kappa shape index (κ2) is 5.06. The van der Waals surface area contributed by atoms with Crippen LogP contribution >= 0.6 is 11.6 Å². The van der Waals surface area contributed by atoms with Gasteiger partial charge in [0.25, 0.3) is 0 Å². The van der Waals surface area contributed by atoms with E-state index in [4.69, 9.17) is 27.5 Å². The maximum atomic E-state index is 13.1. The summed E-state index contributed by atoms with van der Waals surface area (Å²) >= 11 is 5.83. The molecule has 0 saturated carbocycles. The van der Waals surface area contributed by atoms with Crippen molar-refractivity contribution in [3.8, 4) is 11.5 Å². The normalized spacial score (nSPS) is 10.1. The highest BCUT2D eigenvalue weighted by Gasteiger charge is 2.09. The van der Waals surface area contributed by atoms with Crippen LogP contribution in [0.5, 0.6) is 11.5 Å². The second-order valence-corrected chi connectivity index (χ2v) is 4.05. The molecule has 3 nitrogen and oxygen atoms in total. The first-order valence-electron chi connectivity index (χ1n) is 5.13. The summed E-state index contributed by atoms with van der Waals surface area (Å²) in [4.78, 5) is 0. The molecule has 92 valence electrons. The Morgan fingerprint density at radius 2 is 2.00 bits per heavy atom. The van der Waals surface area contributed by atoms with Gasteiger partial charge in [0, 0.05) is 5.02 Å². The molecule has 0 saturated heterocycles. The van der Waals surface area contributed by atoms with Crippen LogP contribution in [0.15, 0.2) is 42.5 Å². The summed E-state index contributed by atoms with van der Waals surface area (Å²) < 4.78 is 18.6. The van der Waals surface area contributed by atoms with Crippen molar-refractivity contribution in [3.63, 3.8) is 0 Å². The van der Waals surface area contributed by atoms with Crippen LogP contribution in [0.25, 0.3) is 0 Å². The van der Waals surface area contributed by atoms with Crippen LogP contribution in [-0.2, 0) is 0 Å². The molecule has 0 unspecified atom stereocenters. The van der Waals surface area contributed by atoms with Crippen LogP contribution in [0.2, 0.25) is 5.02 Å². The zero-order valence-corrected chi connectivity index (χ0v) is 10.0. The van der Waals surface area contributed by atoms with Gasteiger partial charge < -0.3 is 10.5 Å². The van der Waals surface area contributed by atoms with Crippen LogP contribution in [0.1, 0.15) is 5.56 Å². The SMILES string of the molecule is N=C(N)c1cc(F)ccc1Oc1cccc(Cl)c1. The molecule has 0 spiro atoms. The van der Waals surface area contributed by atoms with Gasteiger partial charge >= 0.3 is 0 Å². The Morgan fingerprint density at radius 1 is 1.22 bits per heavy atom. The van der Waals surface area contributed by atoms with E-state index in [0.29, 0.717) is 16.5 Å². The number of hydrogen-bond donors (Lipinski definition) is 2. The smallest absolute Gasteiger partial charge is 0.138 e. The minimum Gasteiger partial charge on any atom is -0.457 e. The highest BCUT2D eigenvalue weighted by Crippen LogP contribution is 2.27. The topological polar surface area (TPSA) is 59.1 Å². The Kier molecular flexibility index (Phi) is 3.48. The molecule has 0 aliphatic rings. The lowest BCUT2D eigenvalue weighted by Crippen LogP contribution is -2.12. The number of nitrogens with two attached hydrogens (primary N) is 1. The summed E-state index contributed by atoms with van der Waals surface area (Å²) in [5.41, 5.74) is 5.58. The van der Waals surface area contributed by atoms with Crippen LogP contribution in [0.4, 0.5) is 4.39 Å². The van der Waals surface area contributed by atoms with Gasteiger partial charge in [-0.2, -0.15) is 0 Å². The van der Waals surface area contributed by atoms with Crippen LogP contribution in [0.3, 0.4) is 0 Å². The van der Waals surface area contributed by atoms with Gasteiger partial charge in [-0.05, 0) is 36.4 Å². The molecule has 0 heterocycles. The zero-order valence-electron chi connectivity index (χ0n) is 9.28. The largest absolute Gasteiger partial charge is 0.457 e. The minimum absolute atomic E-state index is 0.204. The summed E-state index contributed by atoms with van der Waals surface area (Å²) in [6.07, 6.45) is 0. The summed E-state index contributed by atoms with van der Waals surface area (Å²) in [6, 6.07) is 10.6. The van der Waals surface area contributed by atoms with Gasteiger partial charge in [-0.3, -0.25) is 5.41 Å². The molecule has 0 fully saturated rings. The molecule has 2 aromatic rings. The fraction of sp³-hybridized carbons (Fsp3) is 0. The maximum absolute atomic E-state index is 13.1. The third kappa shape index (κ3) is 2.78. The first kappa shape index (κ1) is 12.4. The van der Waals surface area contributed by atoms with Crippen LogP contribution < -0.4 is 10.5 Å². The van der Waals surface area contributed by atoms with E-state index in [2.05, 4.69) is 0 Å². The molecule has 2 aromatic carbocycles. The summed E-state index contributed by atoms with van der Waals surface area (Å²) in [5, 5.41) is 7.91. The number of halogens is 2. The fourth-order valence-electron chi connectivity index (χ4n) is 1.46. The van der Waals surface area contributed by atoms with E-state index in [-0.39, 0.29) is 11.4 Å². The molecule has 0 bridgehead atoms. The van der Waals surface area contributed by atoms with Crippen molar-refractivity contribution >= 4 is 17.4 Å². The van der Waals surface area contributed by atoms with Crippen molar-refractivity contribution in [1.29, 1.82) is 5.41 Å². The number of benzene rings is 2. The quantitative estimate of drug-likeness (QED) is 0.658. The van der Waals surface area contributed by atoms with Crippen LogP contribution in [0, 0.1) is 11.2 Å². The number of amidine groups is 1. The Balaban J connectivity index is 2.37. The van der Waals surface area contributed by atoms with Crippen molar-refractivity contribution in [2.24, 2.45) is 5.73 Å². The molecule has 0 radical (unpaired) electrons. The van der Waals surface area contributed by atoms with Crippen molar-refractivity contribution < 1.29 is 9.13 Å². The molecular formula is C13H10ClFN2O. The highest BCUT2D eigenvalue weighted by atomic mass is 35.5. The van der Waals surface area contributed by atoms with E-state index in [0.717, 1.165) is 6.07 Å². The molecule has 0 aliphatic carbocycles. The van der Waals surface area contributed by atoms with Gasteiger partial charge in [0.1, 0.15) is 23.2 Å². The van der Waals surface area contributed by atoms with E-state index in [1.807, 2.05) is 0 Å². The van der Waals surface area contributed by atoms with Crippen molar-refractivity contribution in [3.05, 3.63) is 58.9 Å². The number of ether oxygens (including phenoxy) is 1. The third-order valence-corrected chi connectivity index (χ3v) is 2.49. The average Bonchev–Trinajstić information content (AvgIpc) is 2.31. The molecule has 3 N–H and O–H groups in total. The van der Waals surface area contributed by atoms with Gasteiger partial charge in [-0.25, -0.2) is 4.39 Å². The second-order valence-electron chi connectivity index (χ2n) is 3.61. The van der Waals surface area contributed by atoms with E-state index in [1.54, 1.807) is 24.3 Å². The number of nitrogens with one attached hydrogen (secondary N) is 1. The molecular weight excluding hydrogens is 255 g/mol. The Labute approximate surface area is 108 Å². The van der Waals surface area contributed by atoms with Crippen molar-refractivity contribution in [2.75, 3.05) is 0 Å². The molecule has 0 atom stereocenters. The molecule has 0 aliphatic heterocycles. The van der Waals surface area contributed by atoms with Gasteiger partial charge in [0.15, 0.2) is 0 Å². The fourth-order valence-corrected chi connectivity index (χ4v) is 1.64. The standard InChI is InChI=1S/C13H10ClFN2O/c14-8-2-1-3-10(6-8)18-12-5-4-9(15)7-11(12)13(16)17/h1-7H,(H3,16,17). The first-order valence-corrected chi connectivity index (χ1v) is 5.51. The zero-order chi connectivity index (χ0) is 13.1. The lowest BCUT2D eigenvalue weighted by atomic mass is 10.2. The minimum atomic E-state index is -0.473. The van der Waals surface area contributed by atoms with Crippen LogP contribution in [-0.4, -0.2) is 5.84 Å². The van der Waals surface area contributed by atoms with Crippen molar-refractivity contribution in [2.45, 2.75) is 0 Å². The molecule has 18 heavy (non-hydrogen) atoms. The van der Waals surface area contributed by atoms with E-state index in [9.17, 15) is 4.39 Å². The monoisotopic (exact) mass is 264 g/mol. The summed E-state index contributed by atoms with van der Waals surface area (Å²) in [6.45, 7) is 0. The van der Waals surface area contributed by atoms with E-state index >= 15 is 0 Å². The molecule has 5 heteroatoms. The van der Waals surface area contributed by atoms with Crippen molar-refractivity contribution in [1.82, 2.24) is 0 Å². The lowest BCUT2D eigenvalue weighted by molar-refractivity contribution is 0.479. The maximum Gasteiger partial charge on any atom is 0.138 e. The summed E-state index contributed by atoms with van der Waals surface area (Å²) in [7, 11) is 0. The van der Waals surface area contributed by atoms with E-state index < -0.39 is 5.82 Å². The lowest BCUT2D eigenvalue weighted by Gasteiger charge is -2.10. The van der Waals surface area contributed by atoms with Gasteiger partial charge in [-0.1, -0.05) is 17.7 Å². The van der Waals surface area contributed by atoms with Gasteiger partial charge in [0.05, 0.1) is 5.56 Å². The molecule has 0 aromatic heterocycles. The molecule has 2 rings (SSSR count). The Morgan fingerprint density at radius 3 is 2.67 bits per heavy atom. The molecule has 0 amide bonds. The summed E-state index contributed by atoms with van der Waals surface area (Å²) in [5.74, 6) is 0.0768. The van der Waals surface area contributed by atoms with Gasteiger partial charge in [-0.15, -0.1) is 0 Å². The number of rotatable bonds is 3. The first-order chi connectivity index (χ1) is 8.56. The number of nitrogen functional groups attached to an aromatic ring is 1. The predicted molar refractivity (Wildman–Crippen MR) is 68.9 cm³/mol. The average molecular weight is 265 g/mol. The highest BCUT2D eigenvalue weighted by molar-refractivity contribution is 6.30. The predicted octanol–water partition coefficient (Wildman–Crippen LogP) is 3.56. The Bertz CT molecular complexity index is 601.